The molecule has 0 spiro atoms. The third-order valence-electron chi connectivity index (χ3n) is 2.09. The minimum absolute atomic E-state index is 0.336. The SMILES string of the molecule is CSc1ncc2c(n1)C(C)(C)OC2=O. The zero-order valence-corrected chi connectivity index (χ0v) is 9.01. The normalized spacial score (nSPS) is 17.8. The van der Waals surface area contributed by atoms with Gasteiger partial charge in [0.1, 0.15) is 16.9 Å². The highest BCUT2D eigenvalue weighted by Gasteiger charge is 2.39. The molecule has 0 aliphatic carbocycles. The van der Waals surface area contributed by atoms with Gasteiger partial charge in [0, 0.05) is 6.20 Å². The van der Waals surface area contributed by atoms with Crippen LogP contribution in [0.4, 0.5) is 0 Å². The van der Waals surface area contributed by atoms with E-state index in [4.69, 9.17) is 4.74 Å². The first-order chi connectivity index (χ1) is 6.54. The number of thioether (sulfide) groups is 1. The standard InChI is InChI=1S/C9H10N2O2S/c1-9(2)6-5(7(12)13-9)4-10-8(11-6)14-3/h4H,1-3H3. The molecule has 0 saturated heterocycles. The molecule has 1 aliphatic rings. The smallest absolute Gasteiger partial charge is 0.342 e. The van der Waals surface area contributed by atoms with E-state index in [9.17, 15) is 4.79 Å². The zero-order chi connectivity index (χ0) is 10.3. The number of rotatable bonds is 1. The van der Waals surface area contributed by atoms with Gasteiger partial charge in [-0.25, -0.2) is 14.8 Å². The van der Waals surface area contributed by atoms with E-state index < -0.39 is 5.60 Å². The number of aromatic nitrogens is 2. The van der Waals surface area contributed by atoms with E-state index in [1.807, 2.05) is 20.1 Å². The van der Waals surface area contributed by atoms with Crippen molar-refractivity contribution >= 4 is 17.7 Å². The fourth-order valence-electron chi connectivity index (χ4n) is 1.41. The van der Waals surface area contributed by atoms with Crippen LogP contribution in [-0.4, -0.2) is 22.2 Å². The van der Waals surface area contributed by atoms with Gasteiger partial charge in [0.25, 0.3) is 0 Å². The minimum atomic E-state index is -0.625. The summed E-state index contributed by atoms with van der Waals surface area (Å²) in [5.41, 5.74) is 0.537. The van der Waals surface area contributed by atoms with E-state index in [1.165, 1.54) is 18.0 Å². The fraction of sp³-hybridized carbons (Fsp3) is 0.444. The van der Waals surface area contributed by atoms with Gasteiger partial charge in [-0.3, -0.25) is 0 Å². The molecule has 0 amide bonds. The van der Waals surface area contributed by atoms with Crippen molar-refractivity contribution in [1.29, 1.82) is 0 Å². The molecule has 1 aromatic rings. The van der Waals surface area contributed by atoms with Crippen LogP contribution >= 0.6 is 11.8 Å². The van der Waals surface area contributed by atoms with Gasteiger partial charge >= 0.3 is 5.97 Å². The van der Waals surface area contributed by atoms with Crippen molar-refractivity contribution in [2.45, 2.75) is 24.6 Å². The minimum Gasteiger partial charge on any atom is -0.449 e. The Balaban J connectivity index is 2.59. The average molecular weight is 210 g/mol. The summed E-state index contributed by atoms with van der Waals surface area (Å²) in [6.45, 7) is 3.65. The van der Waals surface area contributed by atoms with Gasteiger partial charge in [-0.05, 0) is 20.1 Å². The Bertz CT molecular complexity index is 404. The van der Waals surface area contributed by atoms with Crippen LogP contribution in [0.3, 0.4) is 0 Å². The number of cyclic esters (lactones) is 1. The third kappa shape index (κ3) is 1.28. The first kappa shape index (κ1) is 9.45. The molecule has 2 rings (SSSR count). The predicted molar refractivity (Wildman–Crippen MR) is 52.3 cm³/mol. The number of fused-ring (bicyclic) bond motifs is 1. The molecule has 0 unspecified atom stereocenters. The number of ether oxygens (including phenoxy) is 1. The molecule has 0 fully saturated rings. The summed E-state index contributed by atoms with van der Waals surface area (Å²) in [6, 6.07) is 0. The molecule has 4 nitrogen and oxygen atoms in total. The van der Waals surface area contributed by atoms with Crippen molar-refractivity contribution < 1.29 is 9.53 Å². The Morgan fingerprint density at radius 2 is 2.21 bits per heavy atom. The van der Waals surface area contributed by atoms with Gasteiger partial charge in [0.2, 0.25) is 0 Å². The Morgan fingerprint density at radius 1 is 1.50 bits per heavy atom. The van der Waals surface area contributed by atoms with Gasteiger partial charge in [-0.1, -0.05) is 11.8 Å². The Labute approximate surface area is 86.1 Å². The number of carbonyl (C=O) groups is 1. The summed E-state index contributed by atoms with van der Waals surface area (Å²) < 4.78 is 5.17. The highest BCUT2D eigenvalue weighted by Crippen LogP contribution is 2.34. The first-order valence-corrected chi connectivity index (χ1v) is 5.42. The Morgan fingerprint density at radius 3 is 2.86 bits per heavy atom. The van der Waals surface area contributed by atoms with Gasteiger partial charge in [-0.15, -0.1) is 0 Å². The van der Waals surface area contributed by atoms with Gasteiger partial charge in [0.05, 0.1) is 0 Å². The molecular weight excluding hydrogens is 200 g/mol. The van der Waals surface area contributed by atoms with Crippen LogP contribution < -0.4 is 0 Å². The molecule has 74 valence electrons. The second kappa shape index (κ2) is 2.95. The van der Waals surface area contributed by atoms with Crippen molar-refractivity contribution in [3.63, 3.8) is 0 Å². The van der Waals surface area contributed by atoms with Crippen LogP contribution in [0.25, 0.3) is 0 Å². The van der Waals surface area contributed by atoms with Crippen molar-refractivity contribution in [2.75, 3.05) is 6.26 Å². The molecule has 0 bridgehead atoms. The van der Waals surface area contributed by atoms with Gasteiger partial charge < -0.3 is 4.74 Å². The van der Waals surface area contributed by atoms with Crippen LogP contribution in [0.1, 0.15) is 29.9 Å². The number of hydrogen-bond acceptors (Lipinski definition) is 5. The van der Waals surface area contributed by atoms with E-state index in [-0.39, 0.29) is 5.97 Å². The van der Waals surface area contributed by atoms with E-state index in [0.29, 0.717) is 16.4 Å². The number of nitrogens with zero attached hydrogens (tertiary/aromatic N) is 2. The summed E-state index contributed by atoms with van der Waals surface area (Å²) in [4.78, 5) is 19.7. The summed E-state index contributed by atoms with van der Waals surface area (Å²) in [5.74, 6) is -0.336. The molecule has 1 aromatic heterocycles. The fourth-order valence-corrected chi connectivity index (χ4v) is 1.75. The number of esters is 1. The number of hydrogen-bond donors (Lipinski definition) is 0. The molecule has 1 aliphatic heterocycles. The highest BCUT2D eigenvalue weighted by molar-refractivity contribution is 7.98. The average Bonchev–Trinajstić information content (AvgIpc) is 2.37. The van der Waals surface area contributed by atoms with Crippen LogP contribution in [0.15, 0.2) is 11.4 Å². The van der Waals surface area contributed by atoms with Crippen LogP contribution in [0.5, 0.6) is 0 Å². The molecule has 14 heavy (non-hydrogen) atoms. The molecule has 0 atom stereocenters. The highest BCUT2D eigenvalue weighted by atomic mass is 32.2. The molecule has 2 heterocycles. The maximum absolute atomic E-state index is 11.4. The lowest BCUT2D eigenvalue weighted by atomic mass is 10.0. The molecule has 0 N–H and O–H groups in total. The zero-order valence-electron chi connectivity index (χ0n) is 8.20. The monoisotopic (exact) mass is 210 g/mol. The van der Waals surface area contributed by atoms with E-state index in [0.717, 1.165) is 0 Å². The lowest BCUT2D eigenvalue weighted by Crippen LogP contribution is -2.17. The topological polar surface area (TPSA) is 52.1 Å². The lowest BCUT2D eigenvalue weighted by molar-refractivity contribution is 0.00819. The molecule has 0 radical (unpaired) electrons. The third-order valence-corrected chi connectivity index (χ3v) is 2.65. The molecular formula is C9H10N2O2S. The molecule has 0 saturated carbocycles. The second-order valence-electron chi connectivity index (χ2n) is 3.52. The van der Waals surface area contributed by atoms with Crippen LogP contribution in [-0.2, 0) is 10.3 Å². The van der Waals surface area contributed by atoms with Crippen molar-refractivity contribution in [3.8, 4) is 0 Å². The maximum atomic E-state index is 11.4. The Kier molecular flexibility index (Phi) is 1.99. The van der Waals surface area contributed by atoms with Crippen molar-refractivity contribution in [3.05, 3.63) is 17.5 Å². The van der Waals surface area contributed by atoms with Gasteiger partial charge in [-0.2, -0.15) is 0 Å². The van der Waals surface area contributed by atoms with Crippen LogP contribution in [0.2, 0.25) is 0 Å². The van der Waals surface area contributed by atoms with Crippen LogP contribution in [0, 0.1) is 0 Å². The summed E-state index contributed by atoms with van der Waals surface area (Å²) in [5, 5.41) is 0.662. The summed E-state index contributed by atoms with van der Waals surface area (Å²) in [7, 11) is 0. The summed E-state index contributed by atoms with van der Waals surface area (Å²) in [6.07, 6.45) is 3.43. The Hall–Kier alpha value is -1.10. The van der Waals surface area contributed by atoms with Crippen molar-refractivity contribution in [2.24, 2.45) is 0 Å². The van der Waals surface area contributed by atoms with Crippen molar-refractivity contribution in [1.82, 2.24) is 9.97 Å². The number of carbonyl (C=O) groups excluding carboxylic acids is 1. The van der Waals surface area contributed by atoms with E-state index in [2.05, 4.69) is 9.97 Å². The molecule has 0 aromatic carbocycles. The quantitative estimate of drug-likeness (QED) is 0.400. The largest absolute Gasteiger partial charge is 0.449 e. The summed E-state index contributed by atoms with van der Waals surface area (Å²) >= 11 is 1.45. The van der Waals surface area contributed by atoms with Gasteiger partial charge in [0.15, 0.2) is 5.16 Å². The molecule has 5 heteroatoms. The van der Waals surface area contributed by atoms with E-state index in [1.54, 1.807) is 0 Å². The maximum Gasteiger partial charge on any atom is 0.342 e. The first-order valence-electron chi connectivity index (χ1n) is 4.19. The lowest BCUT2D eigenvalue weighted by Gasteiger charge is -2.16. The van der Waals surface area contributed by atoms with E-state index >= 15 is 0 Å². The predicted octanol–water partition coefficient (Wildman–Crippen LogP) is 1.60. The second-order valence-corrected chi connectivity index (χ2v) is 4.29.